The van der Waals surface area contributed by atoms with Crippen molar-refractivity contribution in [3.8, 4) is 50.8 Å². The summed E-state index contributed by atoms with van der Waals surface area (Å²) in [5, 5.41) is 11.3. The zero-order chi connectivity index (χ0) is 94.5. The summed E-state index contributed by atoms with van der Waals surface area (Å²) in [5.74, 6) is -4.26. The van der Waals surface area contributed by atoms with E-state index in [0.29, 0.717) is 73.1 Å². The highest BCUT2D eigenvalue weighted by Crippen LogP contribution is 2.51. The Balaban J connectivity index is 0.000000139. The Labute approximate surface area is 770 Å². The van der Waals surface area contributed by atoms with Gasteiger partial charge in [0.15, 0.2) is 22.8 Å². The number of rotatable bonds is 19. The lowest BCUT2D eigenvalue weighted by molar-refractivity contribution is -0.129. The minimum Gasteiger partial charge on any atom is -0.475 e. The van der Waals surface area contributed by atoms with Crippen molar-refractivity contribution in [3.05, 3.63) is 228 Å². The summed E-state index contributed by atoms with van der Waals surface area (Å²) in [5.41, 5.74) is 22.1. The number of piperazine rings is 3. The number of nitrogens with two attached hydrogens (primary N) is 3. The molecule has 4 aliphatic carbocycles. The molecule has 38 heteroatoms. The molecule has 4 atom stereocenters. The van der Waals surface area contributed by atoms with Gasteiger partial charge < -0.3 is 51.7 Å². The second-order valence-corrected chi connectivity index (χ2v) is 36.1. The molecule has 12 aromatic rings. The van der Waals surface area contributed by atoms with Crippen LogP contribution in [0.25, 0.3) is 83.9 Å². The molecule has 0 unspecified atom stereocenters. The third kappa shape index (κ3) is 17.2. The van der Waals surface area contributed by atoms with Crippen molar-refractivity contribution in [2.75, 3.05) is 84.3 Å². The van der Waals surface area contributed by atoms with Crippen LogP contribution < -0.4 is 49.0 Å². The average Bonchev–Trinajstić information content (AvgIpc) is 1.62. The number of amides is 3. The Hall–Kier alpha value is -14.0. The van der Waals surface area contributed by atoms with Crippen molar-refractivity contribution in [1.82, 2.24) is 88.2 Å². The van der Waals surface area contributed by atoms with Gasteiger partial charge in [-0.15, -0.1) is 0 Å². The number of carbonyl (C=O) groups is 4. The highest BCUT2D eigenvalue weighted by atomic mass is 35.5. The highest BCUT2D eigenvalue weighted by molar-refractivity contribution is 6.34. The number of carbonyl (C=O) groups excluding carboxylic acids is 3. The maximum atomic E-state index is 16.1. The predicted octanol–water partition coefficient (Wildman–Crippen LogP) is 13.8. The largest absolute Gasteiger partial charge is 0.475 e. The van der Waals surface area contributed by atoms with Gasteiger partial charge in [0.1, 0.15) is 53.3 Å². The minimum absolute atomic E-state index is 0.0609. The SMILES string of the molecule is C=CC(=O)N1CCN(c2nc(=O)n(-c3c(C4CC4)ncnc3C3CC3)c3nc(-c4c(N)cccc4F)c(Cl)cc23)[C@@H](C)C1.C=CC(=O)N1CCN(c2nc(=O)n(-c3c(C4CC4)ncnc3C3CC3)c3nc(-c4c(N)cccc4F)c(Cl)cc23)[C@@H](C)C1.C=CC(=O)N1C[C@H](C)N(c2nc(=O)n(-c3c(C(C)C)nc(C(=O)O)nc3C(C)C)c3nc(-c4c(N)cccc4F)c(F)cc23)C[C@H]1C. The fourth-order valence-electron chi connectivity index (χ4n) is 18.0. The minimum atomic E-state index is -1.35. The molecule has 9 aromatic heterocycles. The van der Waals surface area contributed by atoms with E-state index in [-0.39, 0.29) is 179 Å². The first-order chi connectivity index (χ1) is 63.7. The van der Waals surface area contributed by atoms with E-state index in [1.165, 1.54) is 63.8 Å². The quantitative estimate of drug-likeness (QED) is 0.0332. The van der Waals surface area contributed by atoms with Gasteiger partial charge in [0, 0.05) is 117 Å². The van der Waals surface area contributed by atoms with E-state index in [1.807, 2.05) is 37.5 Å². The number of benzene rings is 3. The number of carboxylic acid groups (broad SMARTS) is 1. The molecule has 3 amide bonds. The van der Waals surface area contributed by atoms with Crippen molar-refractivity contribution in [3.63, 3.8) is 0 Å². The van der Waals surface area contributed by atoms with Crippen LogP contribution in [0.2, 0.25) is 10.0 Å². The molecule has 7 N–H and O–H groups in total. The van der Waals surface area contributed by atoms with Gasteiger partial charge in [-0.05, 0) is 164 Å². The molecule has 3 saturated heterocycles. The van der Waals surface area contributed by atoms with Crippen LogP contribution in [0.5, 0.6) is 0 Å². The molecule has 4 saturated carbocycles. The molecular weight excluding hydrogens is 1750 g/mol. The summed E-state index contributed by atoms with van der Waals surface area (Å²) < 4.78 is 65.8. The fraction of sp³-hybridized carbons (Fsp3) is 0.358. The second kappa shape index (κ2) is 36.3. The molecule has 7 aliphatic rings. The standard InChI is InChI=1S/C33H36F2N8O4.2C31H30ClFN8O2/c1-8-23(44)41-13-18(7)42(14-17(41)6)30-19-12-21(35)27(24-20(34)10-9-11-22(24)36)39-31(19)43(33(47)40-30)28-25(15(2)3)37-29(32(45)46)38-26(28)16(4)5;2*1-3-23(42)39-11-12-40(16(2)14-39)29-19-13-20(32)27(24-21(33)5-4-6-22(24)34)37-30(19)41(31(43)38-29)28-25(17-7-8-17)35-15-36-26(28)18-9-10-18/h8-12,15-18H,1,13-14,36H2,2-7H3,(H,45,46);2*3-6,13,15-18H,1,7-12,14,34H2,2H3/t17-,18+;2*16-/m100/s1. The van der Waals surface area contributed by atoms with Gasteiger partial charge in [-0.3, -0.25) is 14.4 Å². The molecule has 0 radical (unpaired) electrons. The topological polar surface area (TPSA) is 407 Å². The van der Waals surface area contributed by atoms with Crippen LogP contribution in [-0.4, -0.2) is 194 Å². The van der Waals surface area contributed by atoms with Crippen LogP contribution in [0.4, 0.5) is 52.1 Å². The molecule has 0 spiro atoms. The summed E-state index contributed by atoms with van der Waals surface area (Å²) in [6.45, 7) is 28.6. The summed E-state index contributed by atoms with van der Waals surface area (Å²) >= 11 is 13.7. The first-order valence-corrected chi connectivity index (χ1v) is 44.9. The Morgan fingerprint density at radius 2 is 0.767 bits per heavy atom. The van der Waals surface area contributed by atoms with Gasteiger partial charge in [-0.1, -0.05) is 88.8 Å². The first kappa shape index (κ1) is 90.9. The number of aromatic nitrogens is 15. The molecule has 686 valence electrons. The van der Waals surface area contributed by atoms with E-state index >= 15 is 17.6 Å². The zero-order valence-corrected chi connectivity index (χ0v) is 75.7. The first-order valence-electron chi connectivity index (χ1n) is 44.1. The van der Waals surface area contributed by atoms with E-state index < -0.39 is 69.7 Å². The van der Waals surface area contributed by atoms with Crippen molar-refractivity contribution in [2.24, 2.45) is 0 Å². The van der Waals surface area contributed by atoms with Crippen LogP contribution in [0.3, 0.4) is 0 Å². The predicted molar refractivity (Wildman–Crippen MR) is 500 cm³/mol. The van der Waals surface area contributed by atoms with Crippen LogP contribution in [0.15, 0.2) is 138 Å². The van der Waals surface area contributed by atoms with E-state index in [4.69, 9.17) is 50.4 Å². The van der Waals surface area contributed by atoms with Crippen LogP contribution in [-0.2, 0) is 14.4 Å². The van der Waals surface area contributed by atoms with Crippen molar-refractivity contribution < 1.29 is 41.8 Å². The Bertz CT molecular complexity index is 6620. The van der Waals surface area contributed by atoms with Gasteiger partial charge in [0.05, 0.1) is 106 Å². The van der Waals surface area contributed by atoms with E-state index in [2.05, 4.69) is 69.6 Å². The number of hydrogen-bond donors (Lipinski definition) is 4. The van der Waals surface area contributed by atoms with Gasteiger partial charge in [0.2, 0.25) is 23.5 Å². The third-order valence-electron chi connectivity index (χ3n) is 25.2. The number of fused-ring (bicyclic) bond motifs is 3. The monoisotopic (exact) mass is 1850 g/mol. The number of aromatic carboxylic acids is 1. The normalized spacial score (nSPS) is 18.0. The number of carboxylic acids is 1. The number of halogens is 6. The van der Waals surface area contributed by atoms with E-state index in [0.717, 1.165) is 90.8 Å². The molecule has 0 bridgehead atoms. The van der Waals surface area contributed by atoms with Gasteiger partial charge >= 0.3 is 23.0 Å². The molecule has 19 rings (SSSR count). The van der Waals surface area contributed by atoms with E-state index in [9.17, 15) is 38.7 Å². The van der Waals surface area contributed by atoms with Crippen molar-refractivity contribution >= 4 is 115 Å². The molecule has 12 heterocycles. The Morgan fingerprint density at radius 1 is 0.429 bits per heavy atom. The summed E-state index contributed by atoms with van der Waals surface area (Å²) in [6, 6.07) is 16.2. The van der Waals surface area contributed by atoms with E-state index in [1.54, 1.807) is 84.2 Å². The van der Waals surface area contributed by atoms with Crippen molar-refractivity contribution in [2.45, 2.75) is 166 Å². The Kier molecular flexibility index (Phi) is 24.8. The lowest BCUT2D eigenvalue weighted by Crippen LogP contribution is -2.58. The number of pyridine rings is 3. The molecular formula is C95H96Cl2F4N24O8. The lowest BCUT2D eigenvalue weighted by Gasteiger charge is -2.44. The maximum Gasteiger partial charge on any atom is 0.373 e. The maximum absolute atomic E-state index is 16.1. The lowest BCUT2D eigenvalue weighted by atomic mass is 10.0. The highest BCUT2D eigenvalue weighted by Gasteiger charge is 2.43. The number of nitrogen functional groups attached to an aromatic ring is 3. The second-order valence-electron chi connectivity index (χ2n) is 35.3. The number of nitrogens with zero attached hydrogens (tertiary/aromatic N) is 21. The summed E-state index contributed by atoms with van der Waals surface area (Å²) in [7, 11) is 0. The summed E-state index contributed by atoms with van der Waals surface area (Å²) in [4.78, 5) is 158. The smallest absolute Gasteiger partial charge is 0.373 e. The molecule has 3 aromatic carbocycles. The van der Waals surface area contributed by atoms with Crippen molar-refractivity contribution in [1.29, 1.82) is 0 Å². The molecule has 3 aliphatic heterocycles. The number of hydrogen-bond acceptors (Lipinski definition) is 25. The molecule has 32 nitrogen and oxygen atoms in total. The molecule has 133 heavy (non-hydrogen) atoms. The van der Waals surface area contributed by atoms with Gasteiger partial charge in [0.25, 0.3) is 0 Å². The third-order valence-corrected chi connectivity index (χ3v) is 25.8. The fourth-order valence-corrected chi connectivity index (χ4v) is 18.5. The van der Waals surface area contributed by atoms with Gasteiger partial charge in [-0.25, -0.2) is 95.3 Å². The van der Waals surface area contributed by atoms with Gasteiger partial charge in [-0.2, -0.15) is 15.0 Å². The van der Waals surface area contributed by atoms with Crippen LogP contribution in [0.1, 0.15) is 187 Å². The van der Waals surface area contributed by atoms with Crippen LogP contribution >= 0.6 is 23.2 Å². The molecule has 7 fully saturated rings. The average molecular weight is 1850 g/mol. The zero-order valence-electron chi connectivity index (χ0n) is 74.2. The Morgan fingerprint density at radius 3 is 1.11 bits per heavy atom. The van der Waals surface area contributed by atoms with Crippen LogP contribution in [0, 0.1) is 23.3 Å². The number of anilines is 6. The summed E-state index contributed by atoms with van der Waals surface area (Å²) in [6.07, 6.45) is 14.7.